The Balaban J connectivity index is 2.04. The van der Waals surface area contributed by atoms with Crippen LogP contribution in [0.3, 0.4) is 0 Å². The van der Waals surface area contributed by atoms with E-state index in [2.05, 4.69) is 36.6 Å². The maximum absolute atomic E-state index is 13.7. The molecule has 10 heteroatoms. The van der Waals surface area contributed by atoms with E-state index in [0.717, 1.165) is 9.36 Å². The van der Waals surface area contributed by atoms with E-state index in [4.69, 9.17) is 4.74 Å². The van der Waals surface area contributed by atoms with Crippen LogP contribution in [0.1, 0.15) is 5.56 Å². The average molecular weight is 369 g/mol. The van der Waals surface area contributed by atoms with Crippen LogP contribution in [0.15, 0.2) is 33.7 Å². The Hall–Kier alpha value is -2.49. The first kappa shape index (κ1) is 14.4. The summed E-state index contributed by atoms with van der Waals surface area (Å²) in [7, 11) is 1.46. The molecule has 3 aromatic rings. The van der Waals surface area contributed by atoms with Crippen molar-refractivity contribution < 1.29 is 9.13 Å². The van der Waals surface area contributed by atoms with Gasteiger partial charge in [-0.3, -0.25) is 0 Å². The van der Waals surface area contributed by atoms with Crippen LogP contribution in [0.25, 0.3) is 5.69 Å². The maximum atomic E-state index is 13.7. The van der Waals surface area contributed by atoms with Gasteiger partial charge in [0, 0.05) is 29.2 Å². The monoisotopic (exact) mass is 368 g/mol. The number of ether oxygens (including phenoxy) is 1. The van der Waals surface area contributed by atoms with Crippen LogP contribution in [0, 0.1) is 5.82 Å². The summed E-state index contributed by atoms with van der Waals surface area (Å²) in [6.07, 6.45) is 1.54. The minimum atomic E-state index is -0.510. The zero-order chi connectivity index (χ0) is 15.7. The summed E-state index contributed by atoms with van der Waals surface area (Å²) in [5.74, 6) is -0.0570. The summed E-state index contributed by atoms with van der Waals surface area (Å²) >= 11 is 3.27. The highest BCUT2D eigenvalue weighted by molar-refractivity contribution is 9.10. The highest BCUT2D eigenvalue weighted by Crippen LogP contribution is 2.25. The fourth-order valence-electron chi connectivity index (χ4n) is 1.86. The smallest absolute Gasteiger partial charge is 0.368 e. The van der Waals surface area contributed by atoms with Crippen LogP contribution in [-0.2, 0) is 13.7 Å². The van der Waals surface area contributed by atoms with Gasteiger partial charge in [-0.2, -0.15) is 14.5 Å². The molecule has 0 spiro atoms. The van der Waals surface area contributed by atoms with Gasteiger partial charge in [-0.05, 0) is 16.5 Å². The van der Waals surface area contributed by atoms with Gasteiger partial charge in [0.15, 0.2) is 0 Å². The molecule has 0 radical (unpaired) electrons. The summed E-state index contributed by atoms with van der Waals surface area (Å²) in [4.78, 5) is 12.0. The number of halogens is 2. The molecule has 0 atom stereocenters. The van der Waals surface area contributed by atoms with Crippen molar-refractivity contribution in [2.45, 2.75) is 6.61 Å². The second kappa shape index (κ2) is 5.72. The molecule has 0 saturated heterocycles. The van der Waals surface area contributed by atoms with Gasteiger partial charge in [-0.1, -0.05) is 15.9 Å². The van der Waals surface area contributed by atoms with Gasteiger partial charge in [-0.25, -0.2) is 14.3 Å². The van der Waals surface area contributed by atoms with Crippen LogP contribution in [0.4, 0.5) is 4.39 Å². The molecule has 0 aliphatic rings. The molecule has 0 saturated carbocycles. The number of nitrogens with zero attached hydrogens (tertiary/aromatic N) is 5. The van der Waals surface area contributed by atoms with Gasteiger partial charge in [0.2, 0.25) is 5.88 Å². The molecule has 2 heterocycles. The lowest BCUT2D eigenvalue weighted by Gasteiger charge is -2.11. The maximum Gasteiger partial charge on any atom is 0.368 e. The molecule has 0 fully saturated rings. The third kappa shape index (κ3) is 2.64. The zero-order valence-electron chi connectivity index (χ0n) is 11.3. The molecular weight excluding hydrogens is 359 g/mol. The highest BCUT2D eigenvalue weighted by atomic mass is 79.9. The lowest BCUT2D eigenvalue weighted by Crippen LogP contribution is -2.23. The van der Waals surface area contributed by atoms with E-state index in [1.165, 1.54) is 19.2 Å². The van der Waals surface area contributed by atoms with Crippen LogP contribution < -0.4 is 10.4 Å². The molecule has 1 aromatic carbocycles. The fraction of sp³-hybridized carbons (Fsp3) is 0.167. The number of tetrazole rings is 1. The zero-order valence-corrected chi connectivity index (χ0v) is 12.9. The van der Waals surface area contributed by atoms with Gasteiger partial charge in [0.25, 0.3) is 0 Å². The summed E-state index contributed by atoms with van der Waals surface area (Å²) < 4.78 is 21.7. The Morgan fingerprint density at radius 3 is 2.86 bits per heavy atom. The van der Waals surface area contributed by atoms with Crippen molar-refractivity contribution in [2.24, 2.45) is 7.05 Å². The SMILES string of the molecule is Cn1nnn(-c2cc(F)cc(Br)c2COc2ccn[nH]2)c1=O. The van der Waals surface area contributed by atoms with E-state index in [1.54, 1.807) is 12.3 Å². The quantitative estimate of drug-likeness (QED) is 0.746. The Bertz CT molecular complexity index is 857. The molecule has 0 unspecified atom stereocenters. The molecule has 0 aliphatic heterocycles. The summed E-state index contributed by atoms with van der Waals surface area (Å²) in [6.45, 7) is 0.0847. The van der Waals surface area contributed by atoms with E-state index in [9.17, 15) is 9.18 Å². The van der Waals surface area contributed by atoms with Gasteiger partial charge in [0.05, 0.1) is 11.9 Å². The molecule has 3 rings (SSSR count). The first-order chi connectivity index (χ1) is 10.6. The lowest BCUT2D eigenvalue weighted by atomic mass is 10.2. The Labute approximate surface area is 131 Å². The Morgan fingerprint density at radius 2 is 2.23 bits per heavy atom. The number of aromatic amines is 1. The molecule has 1 N–H and O–H groups in total. The molecule has 114 valence electrons. The largest absolute Gasteiger partial charge is 0.473 e. The number of rotatable bonds is 4. The third-order valence-corrected chi connectivity index (χ3v) is 3.64. The Kier molecular flexibility index (Phi) is 3.75. The van der Waals surface area contributed by atoms with Crippen LogP contribution in [-0.4, -0.2) is 30.0 Å². The van der Waals surface area contributed by atoms with E-state index in [1.807, 2.05) is 0 Å². The first-order valence-electron chi connectivity index (χ1n) is 6.15. The number of aryl methyl sites for hydroxylation is 1. The van der Waals surface area contributed by atoms with E-state index in [0.29, 0.717) is 15.9 Å². The van der Waals surface area contributed by atoms with Gasteiger partial charge < -0.3 is 4.74 Å². The molecule has 22 heavy (non-hydrogen) atoms. The number of hydrogen-bond acceptors (Lipinski definition) is 5. The van der Waals surface area contributed by atoms with Crippen molar-refractivity contribution in [3.8, 4) is 11.6 Å². The highest BCUT2D eigenvalue weighted by Gasteiger charge is 2.16. The normalized spacial score (nSPS) is 10.9. The Morgan fingerprint density at radius 1 is 1.41 bits per heavy atom. The van der Waals surface area contributed by atoms with Crippen molar-refractivity contribution in [1.82, 2.24) is 30.0 Å². The first-order valence-corrected chi connectivity index (χ1v) is 6.95. The molecule has 0 aliphatic carbocycles. The van der Waals surface area contributed by atoms with Crippen molar-refractivity contribution in [3.63, 3.8) is 0 Å². The lowest BCUT2D eigenvalue weighted by molar-refractivity contribution is 0.292. The van der Waals surface area contributed by atoms with Crippen molar-refractivity contribution in [1.29, 1.82) is 0 Å². The average Bonchev–Trinajstić information content (AvgIpc) is 3.09. The van der Waals surface area contributed by atoms with Crippen molar-refractivity contribution in [3.05, 3.63) is 50.7 Å². The summed E-state index contributed by atoms with van der Waals surface area (Å²) in [5, 5.41) is 13.8. The number of benzene rings is 1. The van der Waals surface area contributed by atoms with E-state index >= 15 is 0 Å². The number of H-pyrrole nitrogens is 1. The summed E-state index contributed by atoms with van der Waals surface area (Å²) in [6, 6.07) is 4.13. The van der Waals surface area contributed by atoms with E-state index < -0.39 is 11.5 Å². The molecule has 0 bridgehead atoms. The molecule has 0 amide bonds. The van der Waals surface area contributed by atoms with Crippen LogP contribution in [0.2, 0.25) is 0 Å². The van der Waals surface area contributed by atoms with Crippen molar-refractivity contribution >= 4 is 15.9 Å². The number of nitrogens with one attached hydrogen (secondary N) is 1. The minimum absolute atomic E-state index is 0.0847. The van der Waals surface area contributed by atoms with Gasteiger partial charge in [0.1, 0.15) is 12.4 Å². The third-order valence-electron chi connectivity index (χ3n) is 2.93. The summed E-state index contributed by atoms with van der Waals surface area (Å²) in [5.41, 5.74) is 0.323. The molecule has 8 nitrogen and oxygen atoms in total. The van der Waals surface area contributed by atoms with Crippen LogP contribution >= 0.6 is 15.9 Å². The number of aromatic nitrogens is 6. The predicted molar refractivity (Wildman–Crippen MR) is 77.2 cm³/mol. The predicted octanol–water partition coefficient (Wildman–Crippen LogP) is 1.17. The van der Waals surface area contributed by atoms with Gasteiger partial charge in [-0.15, -0.1) is 0 Å². The fourth-order valence-corrected chi connectivity index (χ4v) is 2.40. The standard InChI is InChI=1S/C12H10BrFN6O2/c1-19-12(21)20(18-17-19)10-5-7(14)4-9(13)8(10)6-22-11-2-3-15-16-11/h2-5H,6H2,1H3,(H,15,16). The molecule has 2 aromatic heterocycles. The van der Waals surface area contributed by atoms with E-state index in [-0.39, 0.29) is 12.3 Å². The second-order valence-electron chi connectivity index (χ2n) is 4.39. The minimum Gasteiger partial charge on any atom is -0.473 e. The second-order valence-corrected chi connectivity index (χ2v) is 5.25. The molecular formula is C12H10BrFN6O2. The number of hydrogen-bond donors (Lipinski definition) is 1. The van der Waals surface area contributed by atoms with Crippen LogP contribution in [0.5, 0.6) is 5.88 Å². The van der Waals surface area contributed by atoms with Gasteiger partial charge >= 0.3 is 5.69 Å². The van der Waals surface area contributed by atoms with Crippen molar-refractivity contribution in [2.75, 3.05) is 0 Å². The topological polar surface area (TPSA) is 90.6 Å².